The Labute approximate surface area is 343 Å². The average Bonchev–Trinajstić information content (AvgIpc) is 3.12. The van der Waals surface area contributed by atoms with Gasteiger partial charge in [-0.25, -0.2) is 0 Å². The second-order valence-electron chi connectivity index (χ2n) is 16.1. The lowest BCUT2D eigenvalue weighted by Crippen LogP contribution is -2.39. The minimum absolute atomic E-state index is 0.263. The van der Waals surface area contributed by atoms with Crippen molar-refractivity contribution in [3.8, 4) is 0 Å². The standard InChI is InChI=1S/C48H60O10/c1-31(17-13-19-33(3)21-23-37-35(5)45(55)39(29-47(37,7)8)57-43(53)27-25-41(49)50)15-11-12-16-32(2)18-14-20-34(4)22-24-38-36(6)46(56)40(30-48(38,9)10)58-44(54)28-26-42(51)52/h11-24,39-40H,25-30H2,1-10H3,(H,49,50)(H,51,52)/b12-11+,17-13+,18-14+,23-21+,24-22+,31-15+,32-16+,33-19-,34-20+. The Bertz CT molecular complexity index is 1820. The van der Waals surface area contributed by atoms with Crippen molar-refractivity contribution < 1.29 is 48.5 Å². The summed E-state index contributed by atoms with van der Waals surface area (Å²) in [5, 5.41) is 17.6. The summed E-state index contributed by atoms with van der Waals surface area (Å²) in [4.78, 5) is 71.7. The van der Waals surface area contributed by atoms with Gasteiger partial charge in [0.15, 0.2) is 23.8 Å². The van der Waals surface area contributed by atoms with Crippen molar-refractivity contribution in [1.29, 1.82) is 0 Å². The maximum Gasteiger partial charge on any atom is 0.307 e. The summed E-state index contributed by atoms with van der Waals surface area (Å²) in [6.07, 6.45) is 25.2. The quantitative estimate of drug-likeness (QED) is 0.101. The van der Waals surface area contributed by atoms with E-state index in [-0.39, 0.29) is 37.2 Å². The number of ether oxygens (including phenoxy) is 2. The van der Waals surface area contributed by atoms with E-state index >= 15 is 0 Å². The Morgan fingerprint density at radius 1 is 0.552 bits per heavy atom. The van der Waals surface area contributed by atoms with E-state index in [1.807, 2.05) is 140 Å². The number of carbonyl (C=O) groups excluding carboxylic acids is 4. The fourth-order valence-corrected chi connectivity index (χ4v) is 6.61. The van der Waals surface area contributed by atoms with E-state index in [1.165, 1.54) is 0 Å². The second kappa shape index (κ2) is 22.3. The summed E-state index contributed by atoms with van der Waals surface area (Å²) < 4.78 is 10.7. The highest BCUT2D eigenvalue weighted by molar-refractivity contribution is 6.02. The molecule has 0 aliphatic heterocycles. The van der Waals surface area contributed by atoms with Crippen LogP contribution in [0.4, 0.5) is 0 Å². The molecule has 2 aliphatic rings. The van der Waals surface area contributed by atoms with Crippen LogP contribution in [0.25, 0.3) is 0 Å². The smallest absolute Gasteiger partial charge is 0.307 e. The molecular weight excluding hydrogens is 737 g/mol. The van der Waals surface area contributed by atoms with Crippen molar-refractivity contribution in [3.63, 3.8) is 0 Å². The number of hydrogen-bond acceptors (Lipinski definition) is 8. The van der Waals surface area contributed by atoms with E-state index in [0.29, 0.717) is 24.0 Å². The third-order valence-electron chi connectivity index (χ3n) is 9.91. The number of ketones is 2. The minimum Gasteiger partial charge on any atom is -0.481 e. The van der Waals surface area contributed by atoms with Crippen molar-refractivity contribution in [2.24, 2.45) is 10.8 Å². The predicted molar refractivity (Wildman–Crippen MR) is 226 cm³/mol. The Kier molecular flexibility index (Phi) is 18.7. The van der Waals surface area contributed by atoms with Crippen LogP contribution in [0.3, 0.4) is 0 Å². The minimum atomic E-state index is -1.09. The van der Waals surface area contributed by atoms with Crippen molar-refractivity contribution in [2.45, 2.75) is 120 Å². The molecule has 2 atom stereocenters. The fraction of sp³-hybridized carbons (Fsp3) is 0.417. The number of carboxylic acids is 2. The van der Waals surface area contributed by atoms with Gasteiger partial charge < -0.3 is 19.7 Å². The molecule has 10 heteroatoms. The first-order valence-electron chi connectivity index (χ1n) is 19.5. The van der Waals surface area contributed by atoms with Gasteiger partial charge in [0.2, 0.25) is 0 Å². The molecule has 0 amide bonds. The third kappa shape index (κ3) is 16.1. The molecule has 58 heavy (non-hydrogen) atoms. The molecule has 10 nitrogen and oxygen atoms in total. The molecule has 2 unspecified atom stereocenters. The van der Waals surface area contributed by atoms with Crippen LogP contribution in [-0.4, -0.2) is 57.9 Å². The van der Waals surface area contributed by atoms with Gasteiger partial charge in [0.25, 0.3) is 0 Å². The Hall–Kier alpha value is -5.64. The number of allylic oxidation sites excluding steroid dienone is 20. The molecule has 2 N–H and O–H groups in total. The molecule has 0 heterocycles. The zero-order valence-corrected chi connectivity index (χ0v) is 35.6. The lowest BCUT2D eigenvalue weighted by molar-refractivity contribution is -0.157. The third-order valence-corrected chi connectivity index (χ3v) is 9.91. The first kappa shape index (κ1) is 48.5. The molecule has 0 spiro atoms. The van der Waals surface area contributed by atoms with E-state index in [0.717, 1.165) is 33.4 Å². The molecule has 0 fully saturated rings. The van der Waals surface area contributed by atoms with Crippen LogP contribution in [0.5, 0.6) is 0 Å². The zero-order valence-electron chi connectivity index (χ0n) is 35.6. The molecule has 312 valence electrons. The van der Waals surface area contributed by atoms with E-state index in [9.17, 15) is 28.8 Å². The monoisotopic (exact) mass is 796 g/mol. The van der Waals surface area contributed by atoms with Gasteiger partial charge >= 0.3 is 23.9 Å². The molecule has 0 aromatic carbocycles. The molecule has 0 aromatic rings. The Balaban J connectivity index is 1.97. The molecule has 0 radical (unpaired) electrons. The van der Waals surface area contributed by atoms with Crippen LogP contribution in [-0.2, 0) is 38.2 Å². The highest BCUT2D eigenvalue weighted by atomic mass is 16.6. The van der Waals surface area contributed by atoms with Crippen LogP contribution < -0.4 is 0 Å². The van der Waals surface area contributed by atoms with Crippen LogP contribution in [0.1, 0.15) is 108 Å². The fourth-order valence-electron chi connectivity index (χ4n) is 6.61. The maximum absolute atomic E-state index is 13.0. The lowest BCUT2D eigenvalue weighted by atomic mass is 9.71. The molecule has 0 bridgehead atoms. The van der Waals surface area contributed by atoms with Crippen LogP contribution in [0, 0.1) is 10.8 Å². The number of carbonyl (C=O) groups is 6. The number of rotatable bonds is 18. The maximum atomic E-state index is 13.0. The van der Waals surface area contributed by atoms with Crippen molar-refractivity contribution in [2.75, 3.05) is 0 Å². The SMILES string of the molecule is CC1=C(/C=C/C(C)=C\C=C\C(C)=C\C=C\C=C(C)\C=C\C=C(C)\C=C\C2=C(C)C(=O)C(OC(=O)CCC(=O)O)CC2(C)C)C(C)(C)CC(OC(=O)CCC(=O)O)C1=O. The highest BCUT2D eigenvalue weighted by Gasteiger charge is 2.41. The number of hydrogen-bond donors (Lipinski definition) is 2. The molecule has 2 aliphatic carbocycles. The van der Waals surface area contributed by atoms with Crippen molar-refractivity contribution >= 4 is 35.4 Å². The second-order valence-corrected chi connectivity index (χ2v) is 16.1. The van der Waals surface area contributed by atoms with Gasteiger partial charge in [-0.05, 0) is 74.7 Å². The van der Waals surface area contributed by atoms with Crippen LogP contribution >= 0.6 is 0 Å². The number of Topliss-reactive ketones (excluding diaryl/α,β-unsaturated/α-hetero) is 2. The first-order valence-corrected chi connectivity index (χ1v) is 19.5. The molecule has 0 aromatic heterocycles. The summed E-state index contributed by atoms with van der Waals surface area (Å²) in [5.41, 5.74) is 6.02. The Morgan fingerprint density at radius 3 is 1.19 bits per heavy atom. The van der Waals surface area contributed by atoms with Gasteiger partial charge in [-0.15, -0.1) is 0 Å². The van der Waals surface area contributed by atoms with Gasteiger partial charge in [0, 0.05) is 12.8 Å². The largest absolute Gasteiger partial charge is 0.481 e. The normalized spacial score (nSPS) is 21.1. The molecule has 0 saturated carbocycles. The topological polar surface area (TPSA) is 161 Å². The number of aliphatic carboxylic acids is 2. The summed E-state index contributed by atoms with van der Waals surface area (Å²) in [7, 11) is 0. The van der Waals surface area contributed by atoms with Crippen molar-refractivity contribution in [3.05, 3.63) is 130 Å². The average molecular weight is 797 g/mol. The van der Waals surface area contributed by atoms with Gasteiger partial charge in [-0.2, -0.15) is 0 Å². The molecule has 2 rings (SSSR count). The first-order chi connectivity index (χ1) is 27.0. The zero-order chi connectivity index (χ0) is 43.8. The highest BCUT2D eigenvalue weighted by Crippen LogP contribution is 2.42. The summed E-state index contributed by atoms with van der Waals surface area (Å²) in [5.74, 6) is -4.09. The van der Waals surface area contributed by atoms with Crippen LogP contribution in [0.2, 0.25) is 0 Å². The molecule has 0 saturated heterocycles. The summed E-state index contributed by atoms with van der Waals surface area (Å²) in [6, 6.07) is 0. The summed E-state index contributed by atoms with van der Waals surface area (Å²) in [6.45, 7) is 19.4. The van der Waals surface area contributed by atoms with Gasteiger partial charge in [0.1, 0.15) is 0 Å². The van der Waals surface area contributed by atoms with E-state index in [4.69, 9.17) is 19.7 Å². The van der Waals surface area contributed by atoms with E-state index in [1.54, 1.807) is 13.8 Å². The van der Waals surface area contributed by atoms with E-state index < -0.39 is 46.9 Å². The van der Waals surface area contributed by atoms with E-state index in [2.05, 4.69) is 0 Å². The van der Waals surface area contributed by atoms with Gasteiger partial charge in [-0.1, -0.05) is 135 Å². The van der Waals surface area contributed by atoms with Gasteiger partial charge in [0.05, 0.1) is 25.7 Å². The Morgan fingerprint density at radius 2 is 0.862 bits per heavy atom. The lowest BCUT2D eigenvalue weighted by Gasteiger charge is -2.36. The van der Waals surface area contributed by atoms with Gasteiger partial charge in [-0.3, -0.25) is 28.8 Å². The van der Waals surface area contributed by atoms with Crippen LogP contribution in [0.15, 0.2) is 130 Å². The number of carboxylic acid groups (broad SMARTS) is 2. The predicted octanol–water partition coefficient (Wildman–Crippen LogP) is 9.74. The number of esters is 2. The van der Waals surface area contributed by atoms with Crippen molar-refractivity contribution in [1.82, 2.24) is 0 Å². The molecular formula is C48H60O10. The summed E-state index contributed by atoms with van der Waals surface area (Å²) >= 11 is 0.